The molecule has 21 heavy (non-hydrogen) atoms. The molecule has 3 aromatic rings. The molecule has 2 heterocycles. The molecule has 0 saturated heterocycles. The summed E-state index contributed by atoms with van der Waals surface area (Å²) in [7, 11) is 1.83. The number of nitrogens with zero attached hydrogens (tertiary/aromatic N) is 3. The molecular formula is C16H16N4O. The summed E-state index contributed by atoms with van der Waals surface area (Å²) in [5.74, 6) is 0.767. The van der Waals surface area contributed by atoms with Gasteiger partial charge in [0.2, 0.25) is 0 Å². The topological polar surface area (TPSA) is 59.8 Å². The summed E-state index contributed by atoms with van der Waals surface area (Å²) in [6.07, 6.45) is 1.69. The molecule has 0 unspecified atom stereocenters. The lowest BCUT2D eigenvalue weighted by Crippen LogP contribution is -2.23. The molecule has 0 atom stereocenters. The van der Waals surface area contributed by atoms with E-state index < -0.39 is 0 Å². The van der Waals surface area contributed by atoms with E-state index in [1.54, 1.807) is 12.3 Å². The van der Waals surface area contributed by atoms with Crippen molar-refractivity contribution in [3.8, 4) is 0 Å². The van der Waals surface area contributed by atoms with E-state index in [9.17, 15) is 4.79 Å². The van der Waals surface area contributed by atoms with Crippen LogP contribution in [-0.2, 0) is 6.54 Å². The van der Waals surface area contributed by atoms with E-state index in [1.807, 2.05) is 44.3 Å². The standard InChI is InChI=1S/C16H16N4O/c1-11-7-15(21)20(18-9-11)10-13-8-12-5-3-4-6-14(12)19-16(13)17-2/h3-9H,10H2,1-2H3,(H,17,19). The highest BCUT2D eigenvalue weighted by Crippen LogP contribution is 2.20. The van der Waals surface area contributed by atoms with Crippen LogP contribution in [0.3, 0.4) is 0 Å². The van der Waals surface area contributed by atoms with E-state index in [-0.39, 0.29) is 5.56 Å². The lowest BCUT2D eigenvalue weighted by molar-refractivity contribution is 0.636. The number of aryl methyl sites for hydroxylation is 1. The van der Waals surface area contributed by atoms with Crippen LogP contribution in [0.2, 0.25) is 0 Å². The maximum Gasteiger partial charge on any atom is 0.267 e. The van der Waals surface area contributed by atoms with Gasteiger partial charge in [0.25, 0.3) is 5.56 Å². The van der Waals surface area contributed by atoms with Gasteiger partial charge in [0.1, 0.15) is 5.82 Å². The zero-order chi connectivity index (χ0) is 14.8. The van der Waals surface area contributed by atoms with Crippen molar-refractivity contribution in [2.45, 2.75) is 13.5 Å². The van der Waals surface area contributed by atoms with Gasteiger partial charge in [-0.15, -0.1) is 0 Å². The third kappa shape index (κ3) is 2.63. The van der Waals surface area contributed by atoms with Gasteiger partial charge in [0.05, 0.1) is 18.3 Å². The van der Waals surface area contributed by atoms with Gasteiger partial charge in [0.15, 0.2) is 0 Å². The van der Waals surface area contributed by atoms with Crippen LogP contribution in [0.15, 0.2) is 47.4 Å². The summed E-state index contributed by atoms with van der Waals surface area (Å²) in [5.41, 5.74) is 2.62. The molecule has 106 valence electrons. The number of rotatable bonds is 3. The van der Waals surface area contributed by atoms with Crippen molar-refractivity contribution in [2.75, 3.05) is 12.4 Å². The van der Waals surface area contributed by atoms with Gasteiger partial charge in [-0.1, -0.05) is 18.2 Å². The van der Waals surface area contributed by atoms with Crippen LogP contribution >= 0.6 is 0 Å². The number of aromatic nitrogens is 3. The van der Waals surface area contributed by atoms with Gasteiger partial charge < -0.3 is 5.32 Å². The van der Waals surface area contributed by atoms with Crippen LogP contribution in [0.1, 0.15) is 11.1 Å². The fourth-order valence-corrected chi connectivity index (χ4v) is 2.30. The number of pyridine rings is 1. The quantitative estimate of drug-likeness (QED) is 0.799. The van der Waals surface area contributed by atoms with E-state index in [0.29, 0.717) is 6.54 Å². The fraction of sp³-hybridized carbons (Fsp3) is 0.188. The molecule has 0 spiro atoms. The van der Waals surface area contributed by atoms with Crippen LogP contribution in [0.4, 0.5) is 5.82 Å². The molecule has 3 rings (SSSR count). The molecular weight excluding hydrogens is 264 g/mol. The minimum absolute atomic E-state index is 0.106. The average molecular weight is 280 g/mol. The molecule has 0 bridgehead atoms. The minimum atomic E-state index is -0.106. The molecule has 0 radical (unpaired) electrons. The summed E-state index contributed by atoms with van der Waals surface area (Å²) in [6, 6.07) is 11.5. The van der Waals surface area contributed by atoms with Gasteiger partial charge in [-0.25, -0.2) is 9.67 Å². The van der Waals surface area contributed by atoms with E-state index >= 15 is 0 Å². The summed E-state index contributed by atoms with van der Waals surface area (Å²) in [6.45, 7) is 2.25. The molecule has 0 aliphatic rings. The van der Waals surface area contributed by atoms with E-state index in [0.717, 1.165) is 27.8 Å². The third-order valence-corrected chi connectivity index (χ3v) is 3.37. The summed E-state index contributed by atoms with van der Waals surface area (Å²) < 4.78 is 1.44. The highest BCUT2D eigenvalue weighted by Gasteiger charge is 2.08. The van der Waals surface area contributed by atoms with Crippen LogP contribution in [0.5, 0.6) is 0 Å². The summed E-state index contributed by atoms with van der Waals surface area (Å²) >= 11 is 0. The first-order valence-electron chi connectivity index (χ1n) is 6.77. The molecule has 5 heteroatoms. The summed E-state index contributed by atoms with van der Waals surface area (Å²) in [4.78, 5) is 16.6. The predicted molar refractivity (Wildman–Crippen MR) is 83.6 cm³/mol. The molecule has 0 saturated carbocycles. The Bertz CT molecular complexity index is 854. The molecule has 0 fully saturated rings. The molecule has 1 N–H and O–H groups in total. The predicted octanol–water partition coefficient (Wildman–Crippen LogP) is 2.19. The maximum absolute atomic E-state index is 12.0. The Balaban J connectivity index is 2.08. The van der Waals surface area contributed by atoms with Crippen LogP contribution < -0.4 is 10.9 Å². The van der Waals surface area contributed by atoms with Crippen LogP contribution in [-0.4, -0.2) is 21.8 Å². The molecule has 0 amide bonds. The number of para-hydroxylation sites is 1. The van der Waals surface area contributed by atoms with Crippen LogP contribution in [0.25, 0.3) is 10.9 Å². The Hall–Kier alpha value is -2.69. The average Bonchev–Trinajstić information content (AvgIpc) is 2.49. The first-order valence-corrected chi connectivity index (χ1v) is 6.77. The van der Waals surface area contributed by atoms with Crippen molar-refractivity contribution < 1.29 is 0 Å². The Labute approximate surface area is 122 Å². The van der Waals surface area contributed by atoms with Gasteiger partial charge in [-0.3, -0.25) is 4.79 Å². The SMILES string of the molecule is CNc1nc2ccccc2cc1Cn1ncc(C)cc1=O. The van der Waals surface area contributed by atoms with Crippen LogP contribution in [0, 0.1) is 6.92 Å². The number of hydrogen-bond acceptors (Lipinski definition) is 4. The zero-order valence-corrected chi connectivity index (χ0v) is 12.0. The van der Waals surface area contributed by atoms with Crippen molar-refractivity contribution in [2.24, 2.45) is 0 Å². The molecule has 1 aromatic carbocycles. The number of anilines is 1. The Morgan fingerprint density at radius 1 is 1.24 bits per heavy atom. The van der Waals surface area contributed by atoms with Crippen molar-refractivity contribution in [3.05, 3.63) is 64.1 Å². The second-order valence-electron chi connectivity index (χ2n) is 4.97. The lowest BCUT2D eigenvalue weighted by atomic mass is 10.1. The van der Waals surface area contributed by atoms with E-state index in [1.165, 1.54) is 4.68 Å². The smallest absolute Gasteiger partial charge is 0.267 e. The monoisotopic (exact) mass is 280 g/mol. The summed E-state index contributed by atoms with van der Waals surface area (Å²) in [5, 5.41) is 8.31. The highest BCUT2D eigenvalue weighted by molar-refractivity contribution is 5.81. The normalized spacial score (nSPS) is 10.8. The van der Waals surface area contributed by atoms with Gasteiger partial charge in [0, 0.05) is 24.1 Å². The Morgan fingerprint density at radius 2 is 2.05 bits per heavy atom. The van der Waals surface area contributed by atoms with E-state index in [2.05, 4.69) is 15.4 Å². The van der Waals surface area contributed by atoms with Crippen molar-refractivity contribution in [3.63, 3.8) is 0 Å². The number of benzene rings is 1. The third-order valence-electron chi connectivity index (χ3n) is 3.37. The van der Waals surface area contributed by atoms with Crippen molar-refractivity contribution in [1.29, 1.82) is 0 Å². The second kappa shape index (κ2) is 5.36. The molecule has 0 aliphatic heterocycles. The molecule has 5 nitrogen and oxygen atoms in total. The lowest BCUT2D eigenvalue weighted by Gasteiger charge is -2.11. The zero-order valence-electron chi connectivity index (χ0n) is 12.0. The van der Waals surface area contributed by atoms with Gasteiger partial charge in [-0.2, -0.15) is 5.10 Å². The minimum Gasteiger partial charge on any atom is -0.373 e. The number of fused-ring (bicyclic) bond motifs is 1. The Morgan fingerprint density at radius 3 is 2.81 bits per heavy atom. The number of nitrogens with one attached hydrogen (secondary N) is 1. The number of hydrogen-bond donors (Lipinski definition) is 1. The Kier molecular flexibility index (Phi) is 3.39. The first kappa shape index (κ1) is 13.3. The highest BCUT2D eigenvalue weighted by atomic mass is 16.1. The second-order valence-corrected chi connectivity index (χ2v) is 4.97. The first-order chi connectivity index (χ1) is 10.2. The van der Waals surface area contributed by atoms with Gasteiger partial charge >= 0.3 is 0 Å². The van der Waals surface area contributed by atoms with Crippen molar-refractivity contribution >= 4 is 16.7 Å². The fourth-order valence-electron chi connectivity index (χ4n) is 2.30. The van der Waals surface area contributed by atoms with E-state index in [4.69, 9.17) is 0 Å². The molecule has 2 aromatic heterocycles. The van der Waals surface area contributed by atoms with Crippen molar-refractivity contribution in [1.82, 2.24) is 14.8 Å². The largest absolute Gasteiger partial charge is 0.373 e. The maximum atomic E-state index is 12.0. The van der Waals surface area contributed by atoms with Gasteiger partial charge in [-0.05, 0) is 24.6 Å². The molecule has 0 aliphatic carbocycles.